The zero-order valence-electron chi connectivity index (χ0n) is 66.0. The molecule has 13 rings (SSSR count). The number of benzene rings is 8. The molecule has 1 aliphatic rings. The molecule has 0 saturated heterocycles. The quantitative estimate of drug-likeness (QED) is 0.0148. The number of H-pyrrole nitrogens is 3. The second-order valence-corrected chi connectivity index (χ2v) is 35.2. The number of nitrogens with zero attached hydrogens (tertiary/aromatic N) is 2. The lowest BCUT2D eigenvalue weighted by molar-refractivity contribution is -0.118. The van der Waals surface area contributed by atoms with Crippen LogP contribution in [0.2, 0.25) is 15.1 Å². The highest BCUT2D eigenvalue weighted by Gasteiger charge is 2.36. The van der Waals surface area contributed by atoms with Gasteiger partial charge in [0.25, 0.3) is 35.4 Å². The molecular weight excluding hydrogens is 1630 g/mol. The number of nitrogens with one attached hydrogen (secondary N) is 8. The first kappa shape index (κ1) is 87.4. The van der Waals surface area contributed by atoms with E-state index in [4.69, 9.17) is 49.0 Å². The van der Waals surface area contributed by atoms with Gasteiger partial charge in [0.2, 0.25) is 36.0 Å². The SMILES string of the molecule is CC(=O)NCCS(=O)(=O)NC(=O)c1[nH]c2ccccc2c1CCCOc1cc(C)c(Cl)c(C)c1.Cc1cc(OCCCc2c(C(=O)NS(=O)(=O)CCN3C(=O)c4ccccc4C3=O)[nH]c3ccccc23)cc(C)c1Cl.Cc1cc(OCCCc2c(C(=O)NS(=O)(=O)CCNC(=O)c3ccc4c(ccn4C)c3)[nH]c3ccccc23)cc(C)c1Cl. The lowest BCUT2D eigenvalue weighted by atomic mass is 10.1. The number of hydrogen-bond donors (Lipinski definition) is 8. The van der Waals surface area contributed by atoms with Crippen molar-refractivity contribution < 1.29 is 73.0 Å². The smallest absolute Gasteiger partial charge is 0.281 e. The van der Waals surface area contributed by atoms with Gasteiger partial charge in [-0.25, -0.2) is 39.4 Å². The van der Waals surface area contributed by atoms with Crippen LogP contribution in [-0.2, 0) is 61.2 Å². The van der Waals surface area contributed by atoms with Crippen molar-refractivity contribution >= 4 is 150 Å². The van der Waals surface area contributed by atoms with Gasteiger partial charge in [-0.15, -0.1) is 0 Å². The molecule has 26 nitrogen and oxygen atoms in total. The summed E-state index contributed by atoms with van der Waals surface area (Å²) in [4.78, 5) is 98.0. The Balaban J connectivity index is 0.000000175. The van der Waals surface area contributed by atoms with E-state index in [2.05, 4.69) is 39.8 Å². The lowest BCUT2D eigenvalue weighted by Crippen LogP contribution is -2.39. The number of halogens is 3. The summed E-state index contributed by atoms with van der Waals surface area (Å²) in [5.74, 6) is -3.49. The number of fused-ring (bicyclic) bond motifs is 5. The lowest BCUT2D eigenvalue weighted by Gasteiger charge is -2.14. The molecule has 0 saturated carbocycles. The van der Waals surface area contributed by atoms with Crippen LogP contribution in [0.5, 0.6) is 17.2 Å². The Morgan fingerprint density at radius 1 is 0.424 bits per heavy atom. The third-order valence-corrected chi connectivity index (χ3v) is 25.1. The molecule has 5 heterocycles. The van der Waals surface area contributed by atoms with E-state index < -0.39 is 82.8 Å². The number of aryl methyl sites for hydroxylation is 10. The number of rotatable bonds is 31. The van der Waals surface area contributed by atoms with Crippen LogP contribution >= 0.6 is 34.8 Å². The standard InChI is InChI=1S/C32H33ClN4O5S.C30H28ClN3O6S.C24H28ClN3O5S/c1-20-17-24(18-21(2)29(20)33)42-15-6-8-26-25-7-4-5-9-27(25)35-30(26)32(39)36-43(40,41)16-13-34-31(38)23-10-11-28-22(19-23)12-14-37(28)3;1-18-16-20(17-19(2)26(18)31)40-14-7-11-22-21-8-5-6-12-25(21)32-27(22)28(35)33-41(38,39)15-13-34-29(36)23-9-3-4-10-24(23)30(34)37;1-15-13-18(14-16(2)22(15)25)33-11-6-8-20-19-7-4-5-9-21(19)27-23(20)24(30)28-34(31,32)12-10-26-17(3)29/h4-5,7,9-12,14,17-19,35H,6,8,13,15-16H2,1-3H3,(H,34,38)(H,36,39);3-6,8-10,12,16-17,32H,7,11,13-15H2,1-2H3,(H,33,35);4-5,7,9,13-14,27H,6,8,10-12H2,1-3H3,(H,26,29)(H,28,30). The first-order valence-corrected chi connectivity index (χ1v) is 43.9. The summed E-state index contributed by atoms with van der Waals surface area (Å²) in [6.07, 6.45) is 5.11. The fourth-order valence-corrected chi connectivity index (χ4v) is 16.8. The van der Waals surface area contributed by atoms with Gasteiger partial charge in [0, 0.05) is 104 Å². The van der Waals surface area contributed by atoms with Gasteiger partial charge in [-0.05, 0) is 221 Å². The third-order valence-electron chi connectivity index (χ3n) is 19.6. The molecule has 0 spiro atoms. The van der Waals surface area contributed by atoms with Crippen LogP contribution < -0.4 is 39.0 Å². The average molecular weight is 1720 g/mol. The van der Waals surface area contributed by atoms with Crippen LogP contribution in [0, 0.1) is 41.5 Å². The van der Waals surface area contributed by atoms with Crippen molar-refractivity contribution in [3.05, 3.63) is 263 Å². The minimum atomic E-state index is -4.18. The third kappa shape index (κ3) is 21.8. The van der Waals surface area contributed by atoms with Crippen LogP contribution in [0.15, 0.2) is 164 Å². The van der Waals surface area contributed by atoms with E-state index in [1.54, 1.807) is 24.3 Å². The van der Waals surface area contributed by atoms with E-state index >= 15 is 0 Å². The number of aromatic nitrogens is 4. The maximum Gasteiger partial charge on any atom is 0.281 e. The minimum absolute atomic E-state index is 0.0848. The van der Waals surface area contributed by atoms with E-state index in [9.17, 15) is 58.8 Å². The zero-order chi connectivity index (χ0) is 84.9. The van der Waals surface area contributed by atoms with Crippen molar-refractivity contribution in [3.63, 3.8) is 0 Å². The van der Waals surface area contributed by atoms with E-state index in [1.807, 2.05) is 181 Å². The molecule has 4 aromatic heterocycles. The molecule has 12 aromatic rings. The van der Waals surface area contributed by atoms with Crippen molar-refractivity contribution in [2.75, 3.05) is 56.7 Å². The van der Waals surface area contributed by atoms with Gasteiger partial charge in [-0.1, -0.05) is 102 Å². The van der Waals surface area contributed by atoms with E-state index in [1.165, 1.54) is 19.1 Å². The normalized spacial score (nSPS) is 12.1. The predicted molar refractivity (Wildman–Crippen MR) is 459 cm³/mol. The molecule has 7 amide bonds. The molecule has 8 N–H and O–H groups in total. The van der Waals surface area contributed by atoms with Crippen LogP contribution in [0.3, 0.4) is 0 Å². The number of amides is 7. The Morgan fingerprint density at radius 2 is 0.763 bits per heavy atom. The largest absolute Gasteiger partial charge is 0.494 e. The van der Waals surface area contributed by atoms with Crippen molar-refractivity contribution in [3.8, 4) is 17.2 Å². The van der Waals surface area contributed by atoms with Crippen LogP contribution in [0.25, 0.3) is 43.6 Å². The van der Waals surface area contributed by atoms with Gasteiger partial charge < -0.3 is 44.4 Å². The summed E-state index contributed by atoms with van der Waals surface area (Å²) in [5, 5.41) is 10.6. The molecule has 8 aromatic carbocycles. The molecule has 0 atom stereocenters. The zero-order valence-corrected chi connectivity index (χ0v) is 70.7. The molecule has 0 unspecified atom stereocenters. The Kier molecular flexibility index (Phi) is 28.4. The summed E-state index contributed by atoms with van der Waals surface area (Å²) in [7, 11) is -10.2. The average Bonchev–Trinajstić information content (AvgIpc) is 1.65. The number of sulfonamides is 3. The van der Waals surface area contributed by atoms with Crippen LogP contribution in [0.4, 0.5) is 0 Å². The molecule has 0 radical (unpaired) electrons. The summed E-state index contributed by atoms with van der Waals surface area (Å²) in [6.45, 7) is 13.4. The molecule has 118 heavy (non-hydrogen) atoms. The topological polar surface area (TPSA) is 365 Å². The van der Waals surface area contributed by atoms with Gasteiger partial charge in [0.05, 0.1) is 48.2 Å². The number of para-hydroxylation sites is 3. The number of aromatic amines is 3. The van der Waals surface area contributed by atoms with Gasteiger partial charge in [0.1, 0.15) is 34.3 Å². The predicted octanol–water partition coefficient (Wildman–Crippen LogP) is 13.9. The number of carbonyl (C=O) groups is 7. The highest BCUT2D eigenvalue weighted by molar-refractivity contribution is 7.90. The summed E-state index contributed by atoms with van der Waals surface area (Å²) in [6, 6.07) is 46.9. The van der Waals surface area contributed by atoms with Crippen molar-refractivity contribution in [1.29, 1.82) is 0 Å². The minimum Gasteiger partial charge on any atom is -0.494 e. The Hall–Kier alpha value is -11.5. The Morgan fingerprint density at radius 3 is 1.13 bits per heavy atom. The van der Waals surface area contributed by atoms with Gasteiger partial charge in [0.15, 0.2) is 0 Å². The number of carbonyl (C=O) groups excluding carboxylic acids is 7. The van der Waals surface area contributed by atoms with Gasteiger partial charge in [-0.2, -0.15) is 0 Å². The van der Waals surface area contributed by atoms with Crippen molar-refractivity contribution in [1.82, 2.24) is 49.2 Å². The van der Waals surface area contributed by atoms with E-state index in [0.29, 0.717) is 101 Å². The summed E-state index contributed by atoms with van der Waals surface area (Å²) in [5.41, 5.74) is 12.2. The second kappa shape index (κ2) is 38.3. The monoisotopic (exact) mass is 1720 g/mol. The maximum absolute atomic E-state index is 13.2. The maximum atomic E-state index is 13.2. The molecule has 618 valence electrons. The van der Waals surface area contributed by atoms with Gasteiger partial charge in [-0.3, -0.25) is 38.5 Å². The molecule has 0 aliphatic carbocycles. The second-order valence-electron chi connectivity index (χ2n) is 28.5. The van der Waals surface area contributed by atoms with Crippen LogP contribution in [0.1, 0.15) is 139 Å². The fourth-order valence-electron chi connectivity index (χ4n) is 13.8. The van der Waals surface area contributed by atoms with E-state index in [-0.39, 0.29) is 53.8 Å². The summed E-state index contributed by atoms with van der Waals surface area (Å²) >= 11 is 18.7. The molecular formula is C86H89Cl3N10O16S3. The Labute approximate surface area is 698 Å². The molecule has 32 heteroatoms. The Bertz CT molecular complexity index is 6130. The number of ether oxygens (including phenoxy) is 3. The number of imide groups is 1. The first-order valence-electron chi connectivity index (χ1n) is 37.8. The van der Waals surface area contributed by atoms with Crippen molar-refractivity contribution in [2.24, 2.45) is 7.05 Å². The molecule has 0 fully saturated rings. The highest BCUT2D eigenvalue weighted by Crippen LogP contribution is 2.33. The molecule has 1 aliphatic heterocycles. The van der Waals surface area contributed by atoms with Gasteiger partial charge >= 0.3 is 0 Å². The highest BCUT2D eigenvalue weighted by atomic mass is 35.5. The summed E-state index contributed by atoms with van der Waals surface area (Å²) < 4.78 is 102. The first-order chi connectivity index (χ1) is 56.1. The number of hydrogen-bond acceptors (Lipinski definition) is 16. The van der Waals surface area contributed by atoms with Crippen molar-refractivity contribution in [2.45, 2.75) is 87.0 Å². The molecule has 0 bridgehead atoms. The fraction of sp³-hybridized carbons (Fsp3) is 0.267. The van der Waals surface area contributed by atoms with Crippen LogP contribution in [-0.4, -0.2) is 148 Å². The van der Waals surface area contributed by atoms with E-state index in [0.717, 1.165) is 93.4 Å².